The van der Waals surface area contributed by atoms with E-state index >= 15 is 0 Å². The number of aliphatic imine (C=N–C) groups is 1. The lowest BCUT2D eigenvalue weighted by Crippen LogP contribution is -2.23. The van der Waals surface area contributed by atoms with Crippen LogP contribution in [0.5, 0.6) is 0 Å². The summed E-state index contributed by atoms with van der Waals surface area (Å²) in [5.74, 6) is 0. The molecule has 0 aliphatic carbocycles. The average molecular weight is 433 g/mol. The fourth-order valence-corrected chi connectivity index (χ4v) is 4.02. The second-order valence-electron chi connectivity index (χ2n) is 8.17. The van der Waals surface area contributed by atoms with Crippen molar-refractivity contribution in [3.05, 3.63) is 94.0 Å². The summed E-state index contributed by atoms with van der Waals surface area (Å²) in [5.41, 5.74) is 7.27. The van der Waals surface area contributed by atoms with Crippen LogP contribution in [0.4, 0.5) is 11.4 Å². The normalized spacial score (nSPS) is 15.0. The number of anilines is 1. The van der Waals surface area contributed by atoms with Crippen molar-refractivity contribution < 1.29 is 0 Å². The van der Waals surface area contributed by atoms with E-state index in [4.69, 9.17) is 11.6 Å². The first-order valence-corrected chi connectivity index (χ1v) is 11.1. The van der Waals surface area contributed by atoms with Crippen LogP contribution in [-0.2, 0) is 19.6 Å². The van der Waals surface area contributed by atoms with Crippen molar-refractivity contribution in [2.24, 2.45) is 4.99 Å². The van der Waals surface area contributed by atoms with E-state index in [-0.39, 0.29) is 6.04 Å². The van der Waals surface area contributed by atoms with Crippen molar-refractivity contribution in [1.29, 1.82) is 0 Å². The molecule has 3 aromatic rings. The highest BCUT2D eigenvalue weighted by atomic mass is 35.5. The molecular weight excluding hydrogens is 404 g/mol. The SMILES string of the molecule is CN(C)c1ccc(CNCc2cccc(CNC3CC=Nc4cc(Cl)ccc43)c2)cc1. The van der Waals surface area contributed by atoms with Crippen LogP contribution in [0, 0.1) is 0 Å². The van der Waals surface area contributed by atoms with Gasteiger partial charge in [-0.2, -0.15) is 0 Å². The Hall–Kier alpha value is -2.66. The van der Waals surface area contributed by atoms with Gasteiger partial charge in [0, 0.05) is 63.1 Å². The Morgan fingerprint density at radius 1 is 0.903 bits per heavy atom. The molecule has 160 valence electrons. The first kappa shape index (κ1) is 21.6. The van der Waals surface area contributed by atoms with Gasteiger partial charge in [-0.25, -0.2) is 0 Å². The predicted octanol–water partition coefficient (Wildman–Crippen LogP) is 5.63. The van der Waals surface area contributed by atoms with E-state index in [1.54, 1.807) is 0 Å². The number of fused-ring (bicyclic) bond motifs is 1. The summed E-state index contributed by atoms with van der Waals surface area (Å²) in [6, 6.07) is 23.7. The van der Waals surface area contributed by atoms with E-state index in [0.29, 0.717) is 0 Å². The largest absolute Gasteiger partial charge is 0.378 e. The van der Waals surface area contributed by atoms with Gasteiger partial charge in [0.15, 0.2) is 0 Å². The smallest absolute Gasteiger partial charge is 0.0688 e. The summed E-state index contributed by atoms with van der Waals surface area (Å²) >= 11 is 6.11. The Bertz CT molecular complexity index is 1040. The highest BCUT2D eigenvalue weighted by molar-refractivity contribution is 6.30. The van der Waals surface area contributed by atoms with Gasteiger partial charge in [-0.3, -0.25) is 4.99 Å². The molecule has 0 radical (unpaired) electrons. The Kier molecular flexibility index (Phi) is 7.03. The van der Waals surface area contributed by atoms with E-state index in [2.05, 4.69) is 89.2 Å². The van der Waals surface area contributed by atoms with Gasteiger partial charge in [0.1, 0.15) is 0 Å². The zero-order chi connectivity index (χ0) is 21.6. The van der Waals surface area contributed by atoms with Crippen molar-refractivity contribution in [2.75, 3.05) is 19.0 Å². The summed E-state index contributed by atoms with van der Waals surface area (Å²) in [6.45, 7) is 2.53. The van der Waals surface area contributed by atoms with Crippen molar-refractivity contribution in [3.8, 4) is 0 Å². The standard InChI is InChI=1S/C26H29ClN4/c1-31(2)23-9-6-19(7-10-23)16-28-17-20-4-3-5-21(14-20)18-30-25-12-13-29-26-15-22(27)8-11-24(25)26/h3-11,13-15,25,28,30H,12,16-18H2,1-2H3. The first-order valence-electron chi connectivity index (χ1n) is 10.7. The van der Waals surface area contributed by atoms with Gasteiger partial charge in [0.05, 0.1) is 5.69 Å². The Morgan fingerprint density at radius 2 is 1.65 bits per heavy atom. The number of hydrogen-bond donors (Lipinski definition) is 2. The lowest BCUT2D eigenvalue weighted by Gasteiger charge is -2.22. The van der Waals surface area contributed by atoms with E-state index in [1.165, 1.54) is 27.9 Å². The third-order valence-corrected chi connectivity index (χ3v) is 5.83. The number of nitrogens with zero attached hydrogens (tertiary/aromatic N) is 2. The molecule has 0 saturated heterocycles. The van der Waals surface area contributed by atoms with Crippen LogP contribution in [0.2, 0.25) is 5.02 Å². The summed E-state index contributed by atoms with van der Waals surface area (Å²) in [4.78, 5) is 6.60. The molecule has 1 unspecified atom stereocenters. The molecule has 1 heterocycles. The van der Waals surface area contributed by atoms with E-state index in [0.717, 1.165) is 36.8 Å². The molecule has 2 N–H and O–H groups in total. The maximum atomic E-state index is 6.11. The van der Waals surface area contributed by atoms with E-state index < -0.39 is 0 Å². The Balaban J connectivity index is 1.30. The second kappa shape index (κ2) is 10.1. The molecule has 4 nitrogen and oxygen atoms in total. The fourth-order valence-electron chi connectivity index (χ4n) is 3.85. The molecule has 0 saturated carbocycles. The lowest BCUT2D eigenvalue weighted by molar-refractivity contribution is 0.548. The van der Waals surface area contributed by atoms with Crippen molar-refractivity contribution in [1.82, 2.24) is 10.6 Å². The molecular formula is C26H29ClN4. The van der Waals surface area contributed by atoms with Crippen LogP contribution in [0.25, 0.3) is 0 Å². The molecule has 3 aromatic carbocycles. The van der Waals surface area contributed by atoms with Gasteiger partial charge < -0.3 is 15.5 Å². The van der Waals surface area contributed by atoms with Gasteiger partial charge in [-0.1, -0.05) is 54.1 Å². The van der Waals surface area contributed by atoms with Gasteiger partial charge in [0.2, 0.25) is 0 Å². The number of nitrogens with one attached hydrogen (secondary N) is 2. The number of hydrogen-bond acceptors (Lipinski definition) is 4. The average Bonchev–Trinajstić information content (AvgIpc) is 2.78. The molecule has 0 amide bonds. The minimum Gasteiger partial charge on any atom is -0.378 e. The molecule has 1 atom stereocenters. The maximum absolute atomic E-state index is 6.11. The van der Waals surface area contributed by atoms with Crippen LogP contribution in [0.15, 0.2) is 71.7 Å². The third kappa shape index (κ3) is 5.73. The maximum Gasteiger partial charge on any atom is 0.0688 e. The highest BCUT2D eigenvalue weighted by Crippen LogP contribution is 2.33. The Labute approximate surface area is 190 Å². The van der Waals surface area contributed by atoms with E-state index in [1.807, 2.05) is 18.3 Å². The summed E-state index contributed by atoms with van der Waals surface area (Å²) in [5, 5.41) is 7.96. The summed E-state index contributed by atoms with van der Waals surface area (Å²) in [6.07, 6.45) is 2.87. The second-order valence-corrected chi connectivity index (χ2v) is 8.60. The number of benzene rings is 3. The van der Waals surface area contributed by atoms with Gasteiger partial charge in [0.25, 0.3) is 0 Å². The van der Waals surface area contributed by atoms with Gasteiger partial charge >= 0.3 is 0 Å². The molecule has 0 aromatic heterocycles. The monoisotopic (exact) mass is 432 g/mol. The molecule has 1 aliphatic rings. The molecule has 0 spiro atoms. The number of rotatable bonds is 8. The zero-order valence-electron chi connectivity index (χ0n) is 18.1. The first-order chi connectivity index (χ1) is 15.1. The van der Waals surface area contributed by atoms with E-state index in [9.17, 15) is 0 Å². The minimum absolute atomic E-state index is 0.261. The zero-order valence-corrected chi connectivity index (χ0v) is 18.9. The lowest BCUT2D eigenvalue weighted by atomic mass is 9.99. The minimum atomic E-state index is 0.261. The van der Waals surface area contributed by atoms with Crippen molar-refractivity contribution in [3.63, 3.8) is 0 Å². The molecule has 1 aliphatic heterocycles. The quantitative estimate of drug-likeness (QED) is 0.484. The molecule has 4 rings (SSSR count). The van der Waals surface area contributed by atoms with Crippen LogP contribution < -0.4 is 15.5 Å². The van der Waals surface area contributed by atoms with Crippen LogP contribution in [-0.4, -0.2) is 20.3 Å². The van der Waals surface area contributed by atoms with Gasteiger partial charge in [-0.15, -0.1) is 0 Å². The third-order valence-electron chi connectivity index (χ3n) is 5.59. The highest BCUT2D eigenvalue weighted by Gasteiger charge is 2.17. The topological polar surface area (TPSA) is 39.7 Å². The van der Waals surface area contributed by atoms with Crippen LogP contribution in [0.3, 0.4) is 0 Å². The molecule has 5 heteroatoms. The van der Waals surface area contributed by atoms with Crippen molar-refractivity contribution >= 4 is 29.2 Å². The molecule has 31 heavy (non-hydrogen) atoms. The summed E-state index contributed by atoms with van der Waals surface area (Å²) < 4.78 is 0. The predicted molar refractivity (Wildman–Crippen MR) is 132 cm³/mol. The molecule has 0 fully saturated rings. The number of halogens is 1. The van der Waals surface area contributed by atoms with Crippen molar-refractivity contribution in [2.45, 2.75) is 32.1 Å². The molecule has 0 bridgehead atoms. The Morgan fingerprint density at radius 3 is 2.42 bits per heavy atom. The fraction of sp³-hybridized carbons (Fsp3) is 0.269. The summed E-state index contributed by atoms with van der Waals surface area (Å²) in [7, 11) is 4.12. The van der Waals surface area contributed by atoms with Crippen LogP contribution in [0.1, 0.15) is 34.7 Å². The van der Waals surface area contributed by atoms with Crippen LogP contribution >= 0.6 is 11.6 Å². The van der Waals surface area contributed by atoms with Gasteiger partial charge in [-0.05, 0) is 46.5 Å².